The minimum absolute atomic E-state index is 0.305. The Hall–Kier alpha value is -2.36. The quantitative estimate of drug-likeness (QED) is 0.851. The molecule has 0 aliphatic heterocycles. The van der Waals surface area contributed by atoms with Gasteiger partial charge in [-0.2, -0.15) is 0 Å². The first-order valence-corrected chi connectivity index (χ1v) is 6.39. The van der Waals surface area contributed by atoms with Crippen molar-refractivity contribution < 1.29 is 13.9 Å². The van der Waals surface area contributed by atoms with Gasteiger partial charge in [-0.3, -0.25) is 4.79 Å². The Morgan fingerprint density at radius 3 is 2.65 bits per heavy atom. The highest BCUT2D eigenvalue weighted by Crippen LogP contribution is 2.09. The molecule has 2 rings (SSSR count). The number of carbonyl (C=O) groups excluding carboxylic acids is 1. The van der Waals surface area contributed by atoms with E-state index in [1.807, 2.05) is 30.3 Å². The molecule has 0 bridgehead atoms. The fraction of sp³-hybridized carbons (Fsp3) is 0.188. The summed E-state index contributed by atoms with van der Waals surface area (Å²) in [6, 6.07) is 13.8. The molecule has 1 amide bonds. The highest BCUT2D eigenvalue weighted by Gasteiger charge is 2.07. The highest BCUT2D eigenvalue weighted by atomic mass is 19.1. The minimum Gasteiger partial charge on any atom is -0.492 e. The van der Waals surface area contributed by atoms with Crippen molar-refractivity contribution in [2.24, 2.45) is 0 Å². The fourth-order valence-corrected chi connectivity index (χ4v) is 1.69. The van der Waals surface area contributed by atoms with Gasteiger partial charge in [-0.05, 0) is 36.8 Å². The van der Waals surface area contributed by atoms with Crippen molar-refractivity contribution in [1.82, 2.24) is 5.32 Å². The number of carbonyl (C=O) groups is 1. The van der Waals surface area contributed by atoms with E-state index in [0.29, 0.717) is 24.3 Å². The van der Waals surface area contributed by atoms with Crippen molar-refractivity contribution in [3.63, 3.8) is 0 Å². The van der Waals surface area contributed by atoms with E-state index in [2.05, 4.69) is 5.32 Å². The molecule has 0 fully saturated rings. The zero-order chi connectivity index (χ0) is 14.4. The molecule has 0 aromatic heterocycles. The van der Waals surface area contributed by atoms with E-state index >= 15 is 0 Å². The van der Waals surface area contributed by atoms with E-state index in [9.17, 15) is 9.18 Å². The topological polar surface area (TPSA) is 38.3 Å². The summed E-state index contributed by atoms with van der Waals surface area (Å²) in [5.41, 5.74) is 0.835. The molecule has 0 atom stereocenters. The highest BCUT2D eigenvalue weighted by molar-refractivity contribution is 5.94. The van der Waals surface area contributed by atoms with Gasteiger partial charge in [0.15, 0.2) is 0 Å². The lowest BCUT2D eigenvalue weighted by Gasteiger charge is -2.08. The largest absolute Gasteiger partial charge is 0.492 e. The van der Waals surface area contributed by atoms with Crippen LogP contribution < -0.4 is 10.1 Å². The summed E-state index contributed by atoms with van der Waals surface area (Å²) in [7, 11) is 0. The average molecular weight is 273 g/mol. The number of benzene rings is 2. The summed E-state index contributed by atoms with van der Waals surface area (Å²) in [4.78, 5) is 11.8. The van der Waals surface area contributed by atoms with Gasteiger partial charge in [0.25, 0.3) is 5.91 Å². The smallest absolute Gasteiger partial charge is 0.251 e. The molecule has 3 nitrogen and oxygen atoms in total. The van der Waals surface area contributed by atoms with E-state index < -0.39 is 0 Å². The molecule has 0 radical (unpaired) electrons. The molecule has 20 heavy (non-hydrogen) atoms. The zero-order valence-corrected chi connectivity index (χ0v) is 11.2. The minimum atomic E-state index is -0.377. The van der Waals surface area contributed by atoms with Crippen LogP contribution in [0.4, 0.5) is 4.39 Å². The lowest BCUT2D eigenvalue weighted by atomic mass is 10.1. The van der Waals surface area contributed by atoms with Crippen LogP contribution >= 0.6 is 0 Å². The third-order valence-corrected chi connectivity index (χ3v) is 2.83. The van der Waals surface area contributed by atoms with Gasteiger partial charge in [-0.25, -0.2) is 4.39 Å². The van der Waals surface area contributed by atoms with E-state index in [0.717, 1.165) is 5.75 Å². The Kier molecular flexibility index (Phi) is 4.71. The van der Waals surface area contributed by atoms with Gasteiger partial charge in [0, 0.05) is 5.56 Å². The molecule has 1 N–H and O–H groups in total. The third kappa shape index (κ3) is 3.82. The molecule has 0 aliphatic carbocycles. The Morgan fingerprint density at radius 1 is 1.20 bits per heavy atom. The summed E-state index contributed by atoms with van der Waals surface area (Å²) in [5.74, 6) is 0.0712. The molecule has 0 spiro atoms. The number of halogens is 1. The predicted molar refractivity (Wildman–Crippen MR) is 75.4 cm³/mol. The Balaban J connectivity index is 1.79. The molecular formula is C16H16FNO2. The van der Waals surface area contributed by atoms with Gasteiger partial charge < -0.3 is 10.1 Å². The molecule has 0 unspecified atom stereocenters. The number of rotatable bonds is 5. The molecule has 2 aromatic rings. The van der Waals surface area contributed by atoms with Gasteiger partial charge in [0.2, 0.25) is 0 Å². The monoisotopic (exact) mass is 273 g/mol. The van der Waals surface area contributed by atoms with Crippen LogP contribution in [0.2, 0.25) is 0 Å². The first-order valence-electron chi connectivity index (χ1n) is 6.39. The fourth-order valence-electron chi connectivity index (χ4n) is 1.69. The molecule has 0 heterocycles. The van der Waals surface area contributed by atoms with Gasteiger partial charge in [-0.1, -0.05) is 24.3 Å². The summed E-state index contributed by atoms with van der Waals surface area (Å²) < 4.78 is 18.8. The molecule has 4 heteroatoms. The van der Waals surface area contributed by atoms with Gasteiger partial charge in [0.05, 0.1) is 6.54 Å². The molecule has 104 valence electrons. The first-order chi connectivity index (χ1) is 9.66. The van der Waals surface area contributed by atoms with E-state index in [-0.39, 0.29) is 11.7 Å². The molecular weight excluding hydrogens is 257 g/mol. The van der Waals surface area contributed by atoms with E-state index in [1.165, 1.54) is 6.07 Å². The van der Waals surface area contributed by atoms with Crippen LogP contribution in [-0.2, 0) is 0 Å². The molecule has 0 saturated carbocycles. The summed E-state index contributed by atoms with van der Waals surface area (Å²) in [6.45, 7) is 2.39. The van der Waals surface area contributed by atoms with Gasteiger partial charge >= 0.3 is 0 Å². The standard InChI is InChI=1S/C16H16FNO2/c1-12-7-8-13(11-15(12)17)16(19)18-9-10-20-14-5-3-2-4-6-14/h2-8,11H,9-10H2,1H3,(H,18,19). The Labute approximate surface area is 117 Å². The number of hydrogen-bond donors (Lipinski definition) is 1. The maximum atomic E-state index is 13.3. The van der Waals surface area contributed by atoms with Crippen molar-refractivity contribution in [1.29, 1.82) is 0 Å². The van der Waals surface area contributed by atoms with E-state index in [4.69, 9.17) is 4.74 Å². The Bertz CT molecular complexity index is 584. The van der Waals surface area contributed by atoms with Crippen molar-refractivity contribution in [2.75, 3.05) is 13.2 Å². The third-order valence-electron chi connectivity index (χ3n) is 2.83. The second kappa shape index (κ2) is 6.70. The lowest BCUT2D eigenvalue weighted by molar-refractivity contribution is 0.0946. The molecule has 0 saturated heterocycles. The van der Waals surface area contributed by atoms with Crippen LogP contribution in [0.5, 0.6) is 5.75 Å². The maximum Gasteiger partial charge on any atom is 0.251 e. The second-order valence-corrected chi connectivity index (χ2v) is 4.38. The Morgan fingerprint density at radius 2 is 1.95 bits per heavy atom. The van der Waals surface area contributed by atoms with Crippen LogP contribution in [0.15, 0.2) is 48.5 Å². The van der Waals surface area contributed by atoms with Crippen LogP contribution in [0.3, 0.4) is 0 Å². The second-order valence-electron chi connectivity index (χ2n) is 4.38. The van der Waals surface area contributed by atoms with Crippen molar-refractivity contribution in [3.05, 3.63) is 65.5 Å². The number of para-hydroxylation sites is 1. The van der Waals surface area contributed by atoms with Crippen LogP contribution in [0.1, 0.15) is 15.9 Å². The lowest BCUT2D eigenvalue weighted by Crippen LogP contribution is -2.28. The van der Waals surface area contributed by atoms with Crippen molar-refractivity contribution in [2.45, 2.75) is 6.92 Å². The molecule has 2 aromatic carbocycles. The van der Waals surface area contributed by atoms with Crippen molar-refractivity contribution >= 4 is 5.91 Å². The molecule has 0 aliphatic rings. The number of hydrogen-bond acceptors (Lipinski definition) is 2. The maximum absolute atomic E-state index is 13.3. The zero-order valence-electron chi connectivity index (χ0n) is 11.2. The number of amides is 1. The number of ether oxygens (including phenoxy) is 1. The SMILES string of the molecule is Cc1ccc(C(=O)NCCOc2ccccc2)cc1F. The summed E-state index contributed by atoms with van der Waals surface area (Å²) in [6.07, 6.45) is 0. The van der Waals surface area contributed by atoms with Gasteiger partial charge in [0.1, 0.15) is 18.2 Å². The number of aryl methyl sites for hydroxylation is 1. The predicted octanol–water partition coefficient (Wildman–Crippen LogP) is 2.94. The normalized spacial score (nSPS) is 10.1. The average Bonchev–Trinajstić information content (AvgIpc) is 2.47. The van der Waals surface area contributed by atoms with Crippen LogP contribution in [0.25, 0.3) is 0 Å². The van der Waals surface area contributed by atoms with Crippen LogP contribution in [0, 0.1) is 12.7 Å². The van der Waals surface area contributed by atoms with E-state index in [1.54, 1.807) is 19.1 Å². The van der Waals surface area contributed by atoms with Crippen LogP contribution in [-0.4, -0.2) is 19.1 Å². The summed E-state index contributed by atoms with van der Waals surface area (Å²) in [5, 5.41) is 2.69. The number of nitrogens with one attached hydrogen (secondary N) is 1. The van der Waals surface area contributed by atoms with Crippen molar-refractivity contribution in [3.8, 4) is 5.75 Å². The summed E-state index contributed by atoms with van der Waals surface area (Å²) >= 11 is 0. The first kappa shape index (κ1) is 14.1. The van der Waals surface area contributed by atoms with Gasteiger partial charge in [-0.15, -0.1) is 0 Å².